The minimum atomic E-state index is -0.142. The van der Waals surface area contributed by atoms with E-state index in [-0.39, 0.29) is 17.7 Å². The number of nitrogens with one attached hydrogen (secondary N) is 1. The van der Waals surface area contributed by atoms with Crippen LogP contribution in [0.1, 0.15) is 16.8 Å². The van der Waals surface area contributed by atoms with Crippen LogP contribution in [-0.2, 0) is 9.53 Å². The predicted molar refractivity (Wildman–Crippen MR) is 93.0 cm³/mol. The third-order valence-corrected chi connectivity index (χ3v) is 4.34. The highest BCUT2D eigenvalue weighted by atomic mass is 16.5. The highest BCUT2D eigenvalue weighted by Gasteiger charge is 2.29. The Morgan fingerprint density at radius 1 is 1.36 bits per heavy atom. The summed E-state index contributed by atoms with van der Waals surface area (Å²) >= 11 is 0. The summed E-state index contributed by atoms with van der Waals surface area (Å²) in [6, 6.07) is 11.0. The van der Waals surface area contributed by atoms with Crippen LogP contribution in [0.5, 0.6) is 0 Å². The first-order valence-electron chi connectivity index (χ1n) is 8.36. The smallest absolute Gasteiger partial charge is 0.251 e. The van der Waals surface area contributed by atoms with E-state index in [1.165, 1.54) is 0 Å². The minimum Gasteiger partial charge on any atom is -0.464 e. The molecule has 0 unspecified atom stereocenters. The SMILES string of the molecule is COCCN1C[C@H](CNC(=O)c2cccc(-c3ccco3)c2)CC1=O. The molecule has 1 fully saturated rings. The van der Waals surface area contributed by atoms with Gasteiger partial charge >= 0.3 is 0 Å². The molecule has 0 spiro atoms. The fourth-order valence-electron chi connectivity index (χ4n) is 3.00. The van der Waals surface area contributed by atoms with Crippen LogP contribution >= 0.6 is 0 Å². The summed E-state index contributed by atoms with van der Waals surface area (Å²) in [5.74, 6) is 0.846. The second-order valence-electron chi connectivity index (χ2n) is 6.17. The third-order valence-electron chi connectivity index (χ3n) is 4.34. The van der Waals surface area contributed by atoms with Gasteiger partial charge in [-0.25, -0.2) is 0 Å². The highest BCUT2D eigenvalue weighted by molar-refractivity contribution is 5.95. The van der Waals surface area contributed by atoms with Crippen LogP contribution in [-0.4, -0.2) is 50.1 Å². The van der Waals surface area contributed by atoms with Crippen LogP contribution in [0, 0.1) is 5.92 Å². The van der Waals surface area contributed by atoms with Gasteiger partial charge in [0.25, 0.3) is 5.91 Å². The fourth-order valence-corrected chi connectivity index (χ4v) is 3.00. The molecule has 2 heterocycles. The maximum atomic E-state index is 12.4. The second-order valence-corrected chi connectivity index (χ2v) is 6.17. The Kier molecular flexibility index (Phi) is 5.50. The van der Waals surface area contributed by atoms with Gasteiger partial charge < -0.3 is 19.4 Å². The van der Waals surface area contributed by atoms with Gasteiger partial charge in [-0.1, -0.05) is 12.1 Å². The number of likely N-dealkylation sites (tertiary alicyclic amines) is 1. The maximum absolute atomic E-state index is 12.4. The normalized spacial score (nSPS) is 17.1. The molecule has 6 heteroatoms. The molecule has 1 saturated heterocycles. The van der Waals surface area contributed by atoms with E-state index in [0.29, 0.717) is 38.2 Å². The lowest BCUT2D eigenvalue weighted by Gasteiger charge is -2.16. The molecule has 0 aliphatic carbocycles. The molecular weight excluding hydrogens is 320 g/mol. The highest BCUT2D eigenvalue weighted by Crippen LogP contribution is 2.21. The number of amides is 2. The molecule has 2 aromatic rings. The number of hydrogen-bond acceptors (Lipinski definition) is 4. The van der Waals surface area contributed by atoms with Gasteiger partial charge in [-0.05, 0) is 24.3 Å². The van der Waals surface area contributed by atoms with Gasteiger partial charge in [-0.2, -0.15) is 0 Å². The third kappa shape index (κ3) is 4.28. The Labute approximate surface area is 146 Å². The predicted octanol–water partition coefficient (Wildman–Crippen LogP) is 2.17. The molecule has 1 aliphatic heterocycles. The van der Waals surface area contributed by atoms with Crippen LogP contribution in [0.2, 0.25) is 0 Å². The average Bonchev–Trinajstić information content (AvgIpc) is 3.28. The molecule has 1 aromatic carbocycles. The zero-order chi connectivity index (χ0) is 17.6. The van der Waals surface area contributed by atoms with E-state index < -0.39 is 0 Å². The number of carbonyl (C=O) groups is 2. The Morgan fingerprint density at radius 3 is 3.00 bits per heavy atom. The number of hydrogen-bond donors (Lipinski definition) is 1. The standard InChI is InChI=1S/C19H22N2O4/c1-24-9-7-21-13-14(10-18(21)22)12-20-19(23)16-5-2-4-15(11-16)17-6-3-8-25-17/h2-6,8,11,14H,7,9-10,12-13H2,1H3,(H,20,23)/t14-/m0/s1. The number of benzene rings is 1. The van der Waals surface area contributed by atoms with Crippen molar-refractivity contribution in [3.05, 3.63) is 48.2 Å². The molecule has 1 aliphatic rings. The van der Waals surface area contributed by atoms with Gasteiger partial charge in [-0.3, -0.25) is 9.59 Å². The number of furan rings is 1. The first-order valence-corrected chi connectivity index (χ1v) is 8.36. The van der Waals surface area contributed by atoms with Crippen molar-refractivity contribution in [2.24, 2.45) is 5.92 Å². The van der Waals surface area contributed by atoms with Crippen LogP contribution in [0.25, 0.3) is 11.3 Å². The van der Waals surface area contributed by atoms with E-state index in [9.17, 15) is 9.59 Å². The molecule has 0 radical (unpaired) electrons. The average molecular weight is 342 g/mol. The largest absolute Gasteiger partial charge is 0.464 e. The van der Waals surface area contributed by atoms with Gasteiger partial charge in [0.15, 0.2) is 0 Å². The molecule has 6 nitrogen and oxygen atoms in total. The summed E-state index contributed by atoms with van der Waals surface area (Å²) in [6.07, 6.45) is 2.07. The zero-order valence-corrected chi connectivity index (χ0v) is 14.2. The van der Waals surface area contributed by atoms with Crippen molar-refractivity contribution < 1.29 is 18.7 Å². The van der Waals surface area contributed by atoms with Crippen molar-refractivity contribution in [1.29, 1.82) is 0 Å². The van der Waals surface area contributed by atoms with E-state index in [0.717, 1.165) is 11.3 Å². The van der Waals surface area contributed by atoms with Crippen molar-refractivity contribution in [2.45, 2.75) is 6.42 Å². The Balaban J connectivity index is 1.55. The quantitative estimate of drug-likeness (QED) is 0.837. The molecule has 1 atom stereocenters. The van der Waals surface area contributed by atoms with Crippen molar-refractivity contribution in [3.8, 4) is 11.3 Å². The lowest BCUT2D eigenvalue weighted by atomic mass is 10.1. The molecule has 2 amide bonds. The van der Waals surface area contributed by atoms with Crippen LogP contribution < -0.4 is 5.32 Å². The molecule has 3 rings (SSSR count). The molecule has 25 heavy (non-hydrogen) atoms. The summed E-state index contributed by atoms with van der Waals surface area (Å²) in [5, 5.41) is 2.93. The van der Waals surface area contributed by atoms with Crippen LogP contribution in [0.15, 0.2) is 47.1 Å². The maximum Gasteiger partial charge on any atom is 0.251 e. The summed E-state index contributed by atoms with van der Waals surface area (Å²) in [7, 11) is 1.62. The van der Waals surface area contributed by atoms with Gasteiger partial charge in [0, 0.05) is 50.2 Å². The van der Waals surface area contributed by atoms with Crippen molar-refractivity contribution in [1.82, 2.24) is 10.2 Å². The summed E-state index contributed by atoms with van der Waals surface area (Å²) in [4.78, 5) is 26.1. The van der Waals surface area contributed by atoms with E-state index in [4.69, 9.17) is 9.15 Å². The number of methoxy groups -OCH3 is 1. The van der Waals surface area contributed by atoms with Crippen LogP contribution in [0.4, 0.5) is 0 Å². The van der Waals surface area contributed by atoms with Crippen molar-refractivity contribution >= 4 is 11.8 Å². The number of rotatable bonds is 7. The first kappa shape index (κ1) is 17.2. The van der Waals surface area contributed by atoms with Crippen LogP contribution in [0.3, 0.4) is 0 Å². The first-order chi connectivity index (χ1) is 12.2. The monoisotopic (exact) mass is 342 g/mol. The molecule has 1 N–H and O–H groups in total. The van der Waals surface area contributed by atoms with Gasteiger partial charge in [0.2, 0.25) is 5.91 Å². The Hall–Kier alpha value is -2.60. The zero-order valence-electron chi connectivity index (χ0n) is 14.2. The summed E-state index contributed by atoms with van der Waals surface area (Å²) in [5.41, 5.74) is 1.44. The fraction of sp³-hybridized carbons (Fsp3) is 0.368. The van der Waals surface area contributed by atoms with Gasteiger partial charge in [0.05, 0.1) is 12.9 Å². The Bertz CT molecular complexity index is 727. The summed E-state index contributed by atoms with van der Waals surface area (Å²) < 4.78 is 10.4. The van der Waals surface area contributed by atoms with Gasteiger partial charge in [-0.15, -0.1) is 0 Å². The molecule has 0 saturated carbocycles. The van der Waals surface area contributed by atoms with E-state index >= 15 is 0 Å². The Morgan fingerprint density at radius 2 is 2.24 bits per heavy atom. The van der Waals surface area contributed by atoms with E-state index in [1.54, 1.807) is 30.4 Å². The van der Waals surface area contributed by atoms with Crippen molar-refractivity contribution in [3.63, 3.8) is 0 Å². The molecule has 1 aromatic heterocycles. The lowest BCUT2D eigenvalue weighted by molar-refractivity contribution is -0.128. The van der Waals surface area contributed by atoms with E-state index in [2.05, 4.69) is 5.32 Å². The number of ether oxygens (including phenoxy) is 1. The number of nitrogens with zero attached hydrogens (tertiary/aromatic N) is 1. The minimum absolute atomic E-state index is 0.121. The molecule has 0 bridgehead atoms. The topological polar surface area (TPSA) is 71.8 Å². The lowest BCUT2D eigenvalue weighted by Crippen LogP contribution is -2.32. The van der Waals surface area contributed by atoms with Crippen molar-refractivity contribution in [2.75, 3.05) is 33.4 Å². The number of carbonyl (C=O) groups excluding carboxylic acids is 2. The molecule has 132 valence electrons. The molecular formula is C19H22N2O4. The second kappa shape index (κ2) is 7.98. The van der Waals surface area contributed by atoms with Gasteiger partial charge in [0.1, 0.15) is 5.76 Å². The summed E-state index contributed by atoms with van der Waals surface area (Å²) in [6.45, 7) is 2.28. The van der Waals surface area contributed by atoms with E-state index in [1.807, 2.05) is 24.3 Å².